The Morgan fingerprint density at radius 2 is 2.71 bits per heavy atom. The Morgan fingerprint density at radius 1 is 1.86 bits per heavy atom. The van der Waals surface area contributed by atoms with Crippen molar-refractivity contribution in [2.45, 2.75) is 6.85 Å². The van der Waals surface area contributed by atoms with Crippen LogP contribution in [0.15, 0.2) is 15.9 Å². The van der Waals surface area contributed by atoms with Crippen LogP contribution in [0.2, 0.25) is 0 Å². The van der Waals surface area contributed by atoms with Crippen LogP contribution in [0.4, 0.5) is 0 Å². The Kier molecular flexibility index (Phi) is 0.744. The molecule has 1 aromatic rings. The third-order valence-electron chi connectivity index (χ3n) is 0.573. The van der Waals surface area contributed by atoms with Crippen LogP contribution in [-0.4, -0.2) is 0 Å². The fourth-order valence-electron chi connectivity index (χ4n) is 0.314. The molecule has 0 fully saturated rings. The Labute approximate surface area is 59.5 Å². The van der Waals surface area contributed by atoms with E-state index in [1.807, 2.05) is 0 Å². The number of hydrogen-bond donors (Lipinski definition) is 0. The van der Waals surface area contributed by atoms with Gasteiger partial charge in [-0.2, -0.15) is 0 Å². The quantitative estimate of drug-likeness (QED) is 0.540. The fourth-order valence-corrected chi connectivity index (χ4v) is 1.45. The molecular formula is C5H5BrS. The molecule has 38 valence electrons. The molecule has 0 aromatic carbocycles. The molecule has 1 aromatic heterocycles. The molecule has 0 aliphatic rings. The number of aryl methyl sites for hydroxylation is 1. The minimum Gasteiger partial charge on any atom is -0.134 e. The normalized spacial score (nSPS) is 17.6. The Bertz CT molecular complexity index is 227. The third-order valence-corrected chi connectivity index (χ3v) is 2.01. The van der Waals surface area contributed by atoms with Crippen LogP contribution in [0.5, 0.6) is 0 Å². The van der Waals surface area contributed by atoms with Gasteiger partial charge in [0, 0.05) is 8.99 Å². The SMILES string of the molecule is [2H][13C]([2H])([2H])c1ccc(Br)s1. The van der Waals surface area contributed by atoms with E-state index in [0.717, 1.165) is 3.79 Å². The second kappa shape index (κ2) is 1.97. The first kappa shape index (κ1) is 2.65. The van der Waals surface area contributed by atoms with E-state index in [2.05, 4.69) is 15.9 Å². The van der Waals surface area contributed by atoms with E-state index in [0.29, 0.717) is 4.88 Å². The topological polar surface area (TPSA) is 0 Å². The summed E-state index contributed by atoms with van der Waals surface area (Å²) in [4.78, 5) is 0.430. The van der Waals surface area contributed by atoms with E-state index in [4.69, 9.17) is 4.11 Å². The molecule has 0 spiro atoms. The molecule has 0 atom stereocenters. The van der Waals surface area contributed by atoms with Crippen LogP contribution >= 0.6 is 27.3 Å². The highest BCUT2D eigenvalue weighted by atomic mass is 79.9. The van der Waals surface area contributed by atoms with E-state index in [1.54, 1.807) is 12.1 Å². The van der Waals surface area contributed by atoms with Crippen molar-refractivity contribution in [3.8, 4) is 0 Å². The van der Waals surface area contributed by atoms with Gasteiger partial charge in [0.1, 0.15) is 0 Å². The highest BCUT2D eigenvalue weighted by molar-refractivity contribution is 9.11. The minimum absolute atomic E-state index is 0.430. The summed E-state index contributed by atoms with van der Waals surface area (Å²) in [7, 11) is 0. The molecule has 0 saturated carbocycles. The molecule has 0 radical (unpaired) electrons. The Balaban J connectivity index is 2.96. The van der Waals surface area contributed by atoms with Crippen molar-refractivity contribution in [2.75, 3.05) is 0 Å². The van der Waals surface area contributed by atoms with E-state index in [9.17, 15) is 0 Å². The van der Waals surface area contributed by atoms with Crippen molar-refractivity contribution in [3.63, 3.8) is 0 Å². The van der Waals surface area contributed by atoms with E-state index >= 15 is 0 Å². The molecule has 0 amide bonds. The van der Waals surface area contributed by atoms with Crippen molar-refractivity contribution < 1.29 is 4.11 Å². The average molecular weight is 181 g/mol. The lowest BCUT2D eigenvalue weighted by Gasteiger charge is -1.69. The smallest absolute Gasteiger partial charge is 0.0701 e. The van der Waals surface area contributed by atoms with Gasteiger partial charge in [-0.05, 0) is 34.9 Å². The van der Waals surface area contributed by atoms with Crippen LogP contribution in [0.1, 0.15) is 8.99 Å². The zero-order valence-corrected chi connectivity index (χ0v) is 5.84. The molecule has 1 heterocycles. The first-order valence-electron chi connectivity index (χ1n) is 3.26. The minimum atomic E-state index is -1.95. The molecule has 0 N–H and O–H groups in total. The highest BCUT2D eigenvalue weighted by Crippen LogP contribution is 2.20. The van der Waals surface area contributed by atoms with E-state index < -0.39 is 6.85 Å². The summed E-state index contributed by atoms with van der Waals surface area (Å²) < 4.78 is 21.9. The lowest BCUT2D eigenvalue weighted by molar-refractivity contribution is 1.64. The van der Waals surface area contributed by atoms with Gasteiger partial charge in [0.2, 0.25) is 0 Å². The molecule has 1 rings (SSSR count). The van der Waals surface area contributed by atoms with Crippen LogP contribution in [0.25, 0.3) is 0 Å². The van der Waals surface area contributed by atoms with Crippen molar-refractivity contribution in [1.29, 1.82) is 0 Å². The predicted molar refractivity (Wildman–Crippen MR) is 36.8 cm³/mol. The summed E-state index contributed by atoms with van der Waals surface area (Å²) in [6.07, 6.45) is 0. The Hall–Kier alpha value is 0.180. The van der Waals surface area contributed by atoms with Gasteiger partial charge >= 0.3 is 0 Å². The van der Waals surface area contributed by atoms with Crippen molar-refractivity contribution >= 4 is 27.3 Å². The van der Waals surface area contributed by atoms with Gasteiger partial charge in [-0.1, -0.05) is 0 Å². The number of thiophene rings is 1. The van der Waals surface area contributed by atoms with Gasteiger partial charge in [0.05, 0.1) is 3.79 Å². The van der Waals surface area contributed by atoms with Crippen LogP contribution in [0.3, 0.4) is 0 Å². The zero-order valence-electron chi connectivity index (χ0n) is 6.44. The van der Waals surface area contributed by atoms with E-state index in [-0.39, 0.29) is 0 Å². The van der Waals surface area contributed by atoms with E-state index in [1.165, 1.54) is 11.3 Å². The average Bonchev–Trinajstić information content (AvgIpc) is 2.11. The van der Waals surface area contributed by atoms with Crippen LogP contribution in [-0.2, 0) is 0 Å². The molecule has 0 aliphatic carbocycles. The summed E-state index contributed by atoms with van der Waals surface area (Å²) in [5.74, 6) is 0. The van der Waals surface area contributed by atoms with Crippen molar-refractivity contribution in [1.82, 2.24) is 0 Å². The second-order valence-corrected chi connectivity index (χ2v) is 3.57. The van der Waals surface area contributed by atoms with Gasteiger partial charge in [-0.15, -0.1) is 11.3 Å². The van der Waals surface area contributed by atoms with Crippen LogP contribution < -0.4 is 0 Å². The third kappa shape index (κ3) is 1.28. The monoisotopic (exact) mass is 180 g/mol. The maximum Gasteiger partial charge on any atom is 0.0701 e. The van der Waals surface area contributed by atoms with Gasteiger partial charge in [0.15, 0.2) is 0 Å². The summed E-state index contributed by atoms with van der Waals surface area (Å²) in [5, 5.41) is 0. The summed E-state index contributed by atoms with van der Waals surface area (Å²) in [6, 6.07) is 3.36. The summed E-state index contributed by atoms with van der Waals surface area (Å²) in [5.41, 5.74) is 0. The second-order valence-electron chi connectivity index (χ2n) is 1.10. The molecule has 0 aliphatic heterocycles. The lowest BCUT2D eigenvalue weighted by atomic mass is 10.6. The van der Waals surface area contributed by atoms with Crippen LogP contribution in [0, 0.1) is 6.85 Å². The summed E-state index contributed by atoms with van der Waals surface area (Å²) in [6.45, 7) is -1.95. The largest absolute Gasteiger partial charge is 0.134 e. The highest BCUT2D eigenvalue weighted by Gasteiger charge is 1.86. The van der Waals surface area contributed by atoms with Gasteiger partial charge in [0.25, 0.3) is 0 Å². The van der Waals surface area contributed by atoms with Crippen molar-refractivity contribution in [3.05, 3.63) is 20.8 Å². The van der Waals surface area contributed by atoms with Gasteiger partial charge < -0.3 is 0 Å². The molecule has 0 bridgehead atoms. The molecular weight excluding hydrogens is 173 g/mol. The first-order valence-corrected chi connectivity index (χ1v) is 3.37. The first-order chi connectivity index (χ1) is 4.50. The Morgan fingerprint density at radius 3 is 3.00 bits per heavy atom. The molecule has 7 heavy (non-hydrogen) atoms. The molecule has 2 heteroatoms. The maximum atomic E-state index is 7.01. The number of halogens is 1. The van der Waals surface area contributed by atoms with Crippen molar-refractivity contribution in [2.24, 2.45) is 0 Å². The molecule has 0 nitrogen and oxygen atoms in total. The zero-order chi connectivity index (χ0) is 7.78. The van der Waals surface area contributed by atoms with Gasteiger partial charge in [-0.3, -0.25) is 0 Å². The maximum absolute atomic E-state index is 7.01. The summed E-state index contributed by atoms with van der Waals surface area (Å²) >= 11 is 4.44. The molecule has 0 saturated heterocycles. The van der Waals surface area contributed by atoms with Gasteiger partial charge in [-0.25, -0.2) is 0 Å². The fraction of sp³-hybridized carbons (Fsp3) is 0.200. The predicted octanol–water partition coefficient (Wildman–Crippen LogP) is 2.82. The lowest BCUT2D eigenvalue weighted by Crippen LogP contribution is -1.43. The number of hydrogen-bond acceptors (Lipinski definition) is 1. The molecule has 0 unspecified atom stereocenters. The standard InChI is InChI=1S/C5H5BrS/c1-4-2-3-5(6)7-4/h2-3H,1H3/i1+1D3. The number of rotatable bonds is 0.